The van der Waals surface area contributed by atoms with Crippen LogP contribution in [0.25, 0.3) is 0 Å². The van der Waals surface area contributed by atoms with E-state index >= 15 is 0 Å². The van der Waals surface area contributed by atoms with Gasteiger partial charge in [-0.05, 0) is 5.21 Å². The normalized spacial score (nSPS) is 8.57. The van der Waals surface area contributed by atoms with Crippen molar-refractivity contribution in [3.63, 3.8) is 0 Å². The van der Waals surface area contributed by atoms with Crippen molar-refractivity contribution in [3.05, 3.63) is 0 Å². The minimum Gasteiger partial charge on any atom is -0.175 e. The standard InChI is InChI=1S/CH2N6/c2-3-1-4-6-7-5-1/h2H,(H,4,5,6,7)/p+1. The van der Waals surface area contributed by atoms with E-state index in [0.717, 1.165) is 0 Å². The average molecular weight is 99.1 g/mol. The fourth-order valence-electron chi connectivity index (χ4n) is 0.211. The molecule has 0 aromatic carbocycles. The molecule has 0 spiro atoms. The quantitative estimate of drug-likeness (QED) is 0.400. The maximum absolute atomic E-state index is 4.73. The van der Waals surface area contributed by atoms with E-state index in [1.807, 2.05) is 0 Å². The van der Waals surface area contributed by atoms with Crippen molar-refractivity contribution < 1.29 is 5.53 Å². The molecule has 0 fully saturated rings. The van der Waals surface area contributed by atoms with Gasteiger partial charge in [0.25, 0.3) is 0 Å². The van der Waals surface area contributed by atoms with Gasteiger partial charge in [0.05, 0.1) is 0 Å². The molecule has 6 heteroatoms. The van der Waals surface area contributed by atoms with E-state index in [4.69, 9.17) is 5.53 Å². The van der Waals surface area contributed by atoms with Crippen LogP contribution < -0.4 is 5.53 Å². The molecule has 6 nitrogen and oxygen atoms in total. The van der Waals surface area contributed by atoms with Crippen LogP contribution in [0.4, 0.5) is 5.95 Å². The van der Waals surface area contributed by atoms with Gasteiger partial charge < -0.3 is 0 Å². The fourth-order valence-corrected chi connectivity index (χ4v) is 0.211. The van der Waals surface area contributed by atoms with Crippen LogP contribution in [0.2, 0.25) is 0 Å². The number of tetrazole rings is 1. The molecule has 36 valence electrons. The van der Waals surface area contributed by atoms with Gasteiger partial charge in [0.1, 0.15) is 0 Å². The first kappa shape index (κ1) is 3.85. The largest absolute Gasteiger partial charge is 0.351 e. The maximum Gasteiger partial charge on any atom is 0.351 e. The van der Waals surface area contributed by atoms with Crippen molar-refractivity contribution in [2.45, 2.75) is 0 Å². The molecular weight excluding hydrogens is 96.1 g/mol. The van der Waals surface area contributed by atoms with Crippen molar-refractivity contribution in [1.82, 2.24) is 20.6 Å². The molecule has 0 aliphatic heterocycles. The molecule has 0 bridgehead atoms. The predicted molar refractivity (Wildman–Crippen MR) is 18.2 cm³/mol. The van der Waals surface area contributed by atoms with Gasteiger partial charge >= 0.3 is 5.95 Å². The van der Waals surface area contributed by atoms with Gasteiger partial charge in [-0.3, -0.25) is 0 Å². The number of nitrogens with zero attached hydrogens (tertiary/aromatic N) is 4. The molecule has 0 saturated heterocycles. The second-order valence-electron chi connectivity index (χ2n) is 0.841. The summed E-state index contributed by atoms with van der Waals surface area (Å²) in [6.45, 7) is 0. The Morgan fingerprint density at radius 2 is 2.57 bits per heavy atom. The van der Waals surface area contributed by atoms with Gasteiger partial charge in [-0.1, -0.05) is 5.10 Å². The van der Waals surface area contributed by atoms with E-state index in [2.05, 4.69) is 25.7 Å². The Hall–Kier alpha value is -1.33. The molecular formula is CH3N6+. The van der Waals surface area contributed by atoms with Gasteiger partial charge in [-0.25, -0.2) is 0 Å². The van der Waals surface area contributed by atoms with Crippen LogP contribution in [-0.2, 0) is 0 Å². The molecule has 0 unspecified atom stereocenters. The molecule has 1 aromatic heterocycles. The smallest absolute Gasteiger partial charge is 0.175 e. The Balaban J connectivity index is 2.96. The highest BCUT2D eigenvalue weighted by molar-refractivity contribution is 5.01. The second kappa shape index (κ2) is 1.41. The topological polar surface area (TPSA) is 92.4 Å². The summed E-state index contributed by atoms with van der Waals surface area (Å²) in [5.41, 5.74) is 4.73. The highest BCUT2D eigenvalue weighted by Gasteiger charge is 1.90. The number of rotatable bonds is 1. The van der Waals surface area contributed by atoms with Crippen LogP contribution in [0.5, 0.6) is 0 Å². The van der Waals surface area contributed by atoms with Crippen LogP contribution in [0.3, 0.4) is 0 Å². The van der Waals surface area contributed by atoms with Gasteiger partial charge in [0.15, 0.2) is 0 Å². The van der Waals surface area contributed by atoms with Crippen LogP contribution in [0.15, 0.2) is 5.11 Å². The van der Waals surface area contributed by atoms with E-state index in [1.54, 1.807) is 0 Å². The van der Waals surface area contributed by atoms with Crippen LogP contribution in [-0.4, -0.2) is 20.6 Å². The summed E-state index contributed by atoms with van der Waals surface area (Å²) in [6.07, 6.45) is 0. The van der Waals surface area contributed by atoms with Gasteiger partial charge in [0.2, 0.25) is 0 Å². The van der Waals surface area contributed by atoms with E-state index in [0.29, 0.717) is 0 Å². The monoisotopic (exact) mass is 99.0 g/mol. The summed E-state index contributed by atoms with van der Waals surface area (Å²) < 4.78 is 0. The fraction of sp³-hybridized carbons (Fsp3) is 0. The first-order valence-electron chi connectivity index (χ1n) is 1.58. The zero-order chi connectivity index (χ0) is 5.11. The summed E-state index contributed by atoms with van der Waals surface area (Å²) in [5, 5.41) is 15.3. The number of nitrogens with one attached hydrogen (secondary N) is 1. The first-order chi connectivity index (χ1) is 3.43. The predicted octanol–water partition coefficient (Wildman–Crippen LogP) is -1.96. The number of hydrogen-bond donors (Lipinski definition) is 2. The van der Waals surface area contributed by atoms with E-state index in [-0.39, 0.29) is 5.95 Å². The summed E-state index contributed by atoms with van der Waals surface area (Å²) in [4.78, 5) is 0. The molecule has 0 radical (unpaired) electrons. The van der Waals surface area contributed by atoms with E-state index in [1.165, 1.54) is 0 Å². The van der Waals surface area contributed by atoms with Crippen LogP contribution in [0.1, 0.15) is 0 Å². The highest BCUT2D eigenvalue weighted by atomic mass is 15.5. The zero-order valence-corrected chi connectivity index (χ0v) is 3.37. The molecule has 0 atom stereocenters. The third kappa shape index (κ3) is 0.566. The molecule has 7 heavy (non-hydrogen) atoms. The Morgan fingerprint density at radius 3 is 2.86 bits per heavy atom. The summed E-state index contributed by atoms with van der Waals surface area (Å²) in [7, 11) is 0. The Labute approximate surface area is 38.4 Å². The Bertz CT molecular complexity index is 139. The number of nitrogens with two attached hydrogens (primary N) is 1. The second-order valence-corrected chi connectivity index (χ2v) is 0.841. The zero-order valence-electron chi connectivity index (χ0n) is 3.37. The van der Waals surface area contributed by atoms with Crippen LogP contribution in [0, 0.1) is 0 Å². The first-order valence-corrected chi connectivity index (χ1v) is 1.58. The Morgan fingerprint density at radius 1 is 1.71 bits per heavy atom. The summed E-state index contributed by atoms with van der Waals surface area (Å²) >= 11 is 0. The lowest BCUT2D eigenvalue weighted by Gasteiger charge is -1.57. The lowest BCUT2D eigenvalue weighted by Crippen LogP contribution is -2.22. The lowest BCUT2D eigenvalue weighted by molar-refractivity contribution is -0.211. The van der Waals surface area contributed by atoms with E-state index < -0.39 is 0 Å². The number of H-pyrrole nitrogens is 1. The molecule has 0 aliphatic carbocycles. The van der Waals surface area contributed by atoms with Crippen molar-refractivity contribution in [1.29, 1.82) is 0 Å². The molecule has 1 heterocycles. The molecule has 0 saturated carbocycles. The lowest BCUT2D eigenvalue weighted by atomic mass is 11.1. The third-order valence-electron chi connectivity index (χ3n) is 0.450. The van der Waals surface area contributed by atoms with Gasteiger partial charge in [-0.15, -0.1) is 10.6 Å². The van der Waals surface area contributed by atoms with Gasteiger partial charge in [0, 0.05) is 5.11 Å². The van der Waals surface area contributed by atoms with Crippen LogP contribution >= 0.6 is 0 Å². The maximum atomic E-state index is 4.73. The molecule has 0 aliphatic rings. The van der Waals surface area contributed by atoms with Crippen molar-refractivity contribution in [2.75, 3.05) is 0 Å². The number of aromatic amines is 1. The summed E-state index contributed by atoms with van der Waals surface area (Å²) in [6, 6.07) is 0. The van der Waals surface area contributed by atoms with Crippen molar-refractivity contribution >= 4 is 5.95 Å². The molecule has 0 amide bonds. The minimum atomic E-state index is 0.167. The average Bonchev–Trinajstić information content (AvgIpc) is 2.14. The van der Waals surface area contributed by atoms with Crippen molar-refractivity contribution in [2.24, 2.45) is 5.11 Å². The van der Waals surface area contributed by atoms with Crippen molar-refractivity contribution in [3.8, 4) is 0 Å². The molecule has 1 rings (SSSR count). The number of hydrogen-bond acceptors (Lipinski definition) is 4. The summed E-state index contributed by atoms with van der Waals surface area (Å²) in [5.74, 6) is 0.167. The third-order valence-corrected chi connectivity index (χ3v) is 0.450. The van der Waals surface area contributed by atoms with E-state index in [9.17, 15) is 0 Å². The molecule has 3 N–H and O–H groups in total. The number of aromatic nitrogens is 4. The minimum absolute atomic E-state index is 0.167. The SMILES string of the molecule is [NH2+]=Nc1nn[nH]n1. The van der Waals surface area contributed by atoms with Gasteiger partial charge in [-0.2, -0.15) is 5.21 Å². The Kier molecular flexibility index (Phi) is 0.777. The highest BCUT2D eigenvalue weighted by Crippen LogP contribution is 1.88. The molecule has 1 aromatic rings.